The first-order valence-corrected chi connectivity index (χ1v) is 9.80. The van der Waals surface area contributed by atoms with Crippen LogP contribution in [0.15, 0.2) is 24.3 Å². The lowest BCUT2D eigenvalue weighted by atomic mass is 10.2. The van der Waals surface area contributed by atoms with E-state index in [0.717, 1.165) is 18.7 Å². The standard InChI is InChI=1S/C18H23N3O3S/c22-16(7-8-21-17(23)5-6-18(21)24)19-13-14-1-3-15(4-2-14)20-9-11-25-12-10-20/h1-4H,5-13H2,(H,19,22). The molecule has 0 bridgehead atoms. The maximum atomic E-state index is 11.9. The van der Waals surface area contributed by atoms with Crippen LogP contribution in [0.4, 0.5) is 5.69 Å². The molecular formula is C18H23N3O3S. The van der Waals surface area contributed by atoms with Crippen LogP contribution in [0, 0.1) is 0 Å². The third-order valence-electron chi connectivity index (χ3n) is 4.52. The van der Waals surface area contributed by atoms with Crippen LogP contribution >= 0.6 is 11.8 Å². The molecule has 6 nitrogen and oxygen atoms in total. The Bertz CT molecular complexity index is 625. The number of carbonyl (C=O) groups excluding carboxylic acids is 3. The highest BCUT2D eigenvalue weighted by Gasteiger charge is 2.28. The molecule has 1 aromatic carbocycles. The number of benzene rings is 1. The Morgan fingerprint density at radius 1 is 1.04 bits per heavy atom. The molecular weight excluding hydrogens is 338 g/mol. The first kappa shape index (κ1) is 17.8. The van der Waals surface area contributed by atoms with E-state index in [1.54, 1.807) is 0 Å². The second-order valence-electron chi connectivity index (χ2n) is 6.23. The molecule has 0 atom stereocenters. The van der Waals surface area contributed by atoms with Gasteiger partial charge in [-0.2, -0.15) is 11.8 Å². The molecule has 2 saturated heterocycles. The van der Waals surface area contributed by atoms with E-state index in [2.05, 4.69) is 22.3 Å². The topological polar surface area (TPSA) is 69.7 Å². The summed E-state index contributed by atoms with van der Waals surface area (Å²) < 4.78 is 0. The van der Waals surface area contributed by atoms with Crippen molar-refractivity contribution in [3.8, 4) is 0 Å². The van der Waals surface area contributed by atoms with Gasteiger partial charge in [-0.25, -0.2) is 0 Å². The minimum Gasteiger partial charge on any atom is -0.370 e. The number of likely N-dealkylation sites (tertiary alicyclic amines) is 1. The van der Waals surface area contributed by atoms with E-state index in [1.165, 1.54) is 22.1 Å². The number of nitrogens with zero attached hydrogens (tertiary/aromatic N) is 2. The normalized spacial score (nSPS) is 17.9. The molecule has 0 aromatic heterocycles. The molecule has 25 heavy (non-hydrogen) atoms. The van der Waals surface area contributed by atoms with Gasteiger partial charge in [0.2, 0.25) is 17.7 Å². The molecule has 134 valence electrons. The van der Waals surface area contributed by atoms with Gasteiger partial charge in [-0.15, -0.1) is 0 Å². The average Bonchev–Trinajstić information content (AvgIpc) is 2.97. The summed E-state index contributed by atoms with van der Waals surface area (Å²) in [6.07, 6.45) is 0.687. The maximum absolute atomic E-state index is 11.9. The number of hydrogen-bond donors (Lipinski definition) is 1. The van der Waals surface area contributed by atoms with Crippen LogP contribution in [0.5, 0.6) is 0 Å². The van der Waals surface area contributed by atoms with Crippen molar-refractivity contribution in [1.82, 2.24) is 10.2 Å². The zero-order chi connectivity index (χ0) is 17.6. The molecule has 1 N–H and O–H groups in total. The van der Waals surface area contributed by atoms with Crippen molar-refractivity contribution in [2.75, 3.05) is 36.0 Å². The molecule has 3 rings (SSSR count). The van der Waals surface area contributed by atoms with E-state index in [9.17, 15) is 14.4 Å². The summed E-state index contributed by atoms with van der Waals surface area (Å²) in [5.41, 5.74) is 2.26. The predicted molar refractivity (Wildman–Crippen MR) is 98.4 cm³/mol. The van der Waals surface area contributed by atoms with Crippen molar-refractivity contribution in [2.24, 2.45) is 0 Å². The summed E-state index contributed by atoms with van der Waals surface area (Å²) in [4.78, 5) is 38.5. The lowest BCUT2D eigenvalue weighted by molar-refractivity contribution is -0.138. The maximum Gasteiger partial charge on any atom is 0.229 e. The first-order chi connectivity index (χ1) is 12.1. The second-order valence-corrected chi connectivity index (χ2v) is 7.46. The number of imide groups is 1. The Morgan fingerprint density at radius 3 is 2.32 bits per heavy atom. The fourth-order valence-corrected chi connectivity index (χ4v) is 3.92. The van der Waals surface area contributed by atoms with Gasteiger partial charge in [-0.3, -0.25) is 19.3 Å². The van der Waals surface area contributed by atoms with Crippen LogP contribution in [0.1, 0.15) is 24.8 Å². The fourth-order valence-electron chi connectivity index (χ4n) is 3.02. The minimum atomic E-state index is -0.176. The van der Waals surface area contributed by atoms with Gasteiger partial charge in [-0.05, 0) is 17.7 Å². The van der Waals surface area contributed by atoms with Gasteiger partial charge in [0.25, 0.3) is 0 Å². The van der Waals surface area contributed by atoms with Crippen molar-refractivity contribution in [3.05, 3.63) is 29.8 Å². The number of anilines is 1. The molecule has 0 unspecified atom stereocenters. The zero-order valence-corrected chi connectivity index (χ0v) is 15.0. The van der Waals surface area contributed by atoms with Crippen LogP contribution in [-0.4, -0.2) is 53.8 Å². The number of amides is 3. The van der Waals surface area contributed by atoms with Gasteiger partial charge in [0, 0.05) is 62.6 Å². The van der Waals surface area contributed by atoms with Crippen LogP contribution in [0.3, 0.4) is 0 Å². The van der Waals surface area contributed by atoms with E-state index in [0.29, 0.717) is 6.54 Å². The average molecular weight is 361 g/mol. The Hall–Kier alpha value is -2.02. The highest BCUT2D eigenvalue weighted by molar-refractivity contribution is 7.99. The van der Waals surface area contributed by atoms with E-state index >= 15 is 0 Å². The SMILES string of the molecule is O=C(CCN1C(=O)CCC1=O)NCc1ccc(N2CCSCC2)cc1. The van der Waals surface area contributed by atoms with Crippen molar-refractivity contribution in [1.29, 1.82) is 0 Å². The molecule has 2 aliphatic heterocycles. The smallest absolute Gasteiger partial charge is 0.229 e. The van der Waals surface area contributed by atoms with Gasteiger partial charge in [0.1, 0.15) is 0 Å². The molecule has 2 aliphatic rings. The summed E-state index contributed by atoms with van der Waals surface area (Å²) in [6.45, 7) is 2.79. The van der Waals surface area contributed by atoms with E-state index in [4.69, 9.17) is 0 Å². The number of rotatable bonds is 6. The van der Waals surface area contributed by atoms with Gasteiger partial charge in [-0.1, -0.05) is 12.1 Å². The number of hydrogen-bond acceptors (Lipinski definition) is 5. The molecule has 1 aromatic rings. The van der Waals surface area contributed by atoms with E-state index < -0.39 is 0 Å². The molecule has 0 aliphatic carbocycles. The van der Waals surface area contributed by atoms with Crippen molar-refractivity contribution >= 4 is 35.2 Å². The van der Waals surface area contributed by atoms with Gasteiger partial charge in [0.05, 0.1) is 0 Å². The molecule has 0 saturated carbocycles. The summed E-state index contributed by atoms with van der Waals surface area (Å²) in [7, 11) is 0. The monoisotopic (exact) mass is 361 g/mol. The van der Waals surface area contributed by atoms with Gasteiger partial charge >= 0.3 is 0 Å². The Kier molecular flexibility index (Phi) is 5.96. The quantitative estimate of drug-likeness (QED) is 0.776. The number of nitrogens with one attached hydrogen (secondary N) is 1. The van der Waals surface area contributed by atoms with Crippen LogP contribution < -0.4 is 10.2 Å². The highest BCUT2D eigenvalue weighted by Crippen LogP contribution is 2.19. The molecule has 0 radical (unpaired) electrons. The molecule has 2 fully saturated rings. The third kappa shape index (κ3) is 4.75. The lowest BCUT2D eigenvalue weighted by Gasteiger charge is -2.28. The van der Waals surface area contributed by atoms with Gasteiger partial charge < -0.3 is 10.2 Å². The van der Waals surface area contributed by atoms with Crippen LogP contribution in [0.2, 0.25) is 0 Å². The van der Waals surface area contributed by atoms with E-state index in [-0.39, 0.29) is 43.5 Å². The molecule has 7 heteroatoms. The minimum absolute atomic E-state index is 0.148. The summed E-state index contributed by atoms with van der Waals surface area (Å²) in [5.74, 6) is 1.83. The summed E-state index contributed by atoms with van der Waals surface area (Å²) in [5, 5.41) is 2.85. The van der Waals surface area contributed by atoms with Crippen LogP contribution in [0.25, 0.3) is 0 Å². The molecule has 0 spiro atoms. The molecule has 2 heterocycles. The van der Waals surface area contributed by atoms with Crippen molar-refractivity contribution < 1.29 is 14.4 Å². The van der Waals surface area contributed by atoms with E-state index in [1.807, 2.05) is 23.9 Å². The fraction of sp³-hybridized carbons (Fsp3) is 0.500. The lowest BCUT2D eigenvalue weighted by Crippen LogP contribution is -2.34. The van der Waals surface area contributed by atoms with Crippen LogP contribution in [-0.2, 0) is 20.9 Å². The summed E-state index contributed by atoms with van der Waals surface area (Å²) >= 11 is 1.99. The third-order valence-corrected chi connectivity index (χ3v) is 5.46. The largest absolute Gasteiger partial charge is 0.370 e. The highest BCUT2D eigenvalue weighted by atomic mass is 32.2. The van der Waals surface area contributed by atoms with Gasteiger partial charge in [0.15, 0.2) is 0 Å². The Morgan fingerprint density at radius 2 is 1.68 bits per heavy atom. The Labute approximate surface area is 151 Å². The number of carbonyl (C=O) groups is 3. The molecule has 3 amide bonds. The predicted octanol–water partition coefficient (Wildman–Crippen LogP) is 1.40. The second kappa shape index (κ2) is 8.38. The Balaban J connectivity index is 1.42. The summed E-state index contributed by atoms with van der Waals surface area (Å²) in [6, 6.07) is 8.26. The first-order valence-electron chi connectivity index (χ1n) is 8.65. The number of thioether (sulfide) groups is 1. The zero-order valence-electron chi connectivity index (χ0n) is 14.2. The van der Waals surface area contributed by atoms with Crippen molar-refractivity contribution in [3.63, 3.8) is 0 Å². The van der Waals surface area contributed by atoms with Crippen molar-refractivity contribution in [2.45, 2.75) is 25.8 Å².